The van der Waals surface area contributed by atoms with E-state index in [1.165, 1.54) is 0 Å². The quantitative estimate of drug-likeness (QED) is 0.745. The number of carbonyl (C=O) groups is 2. The van der Waals surface area contributed by atoms with Crippen molar-refractivity contribution in [3.8, 4) is 0 Å². The second-order valence-corrected chi connectivity index (χ2v) is 6.23. The minimum Gasteiger partial charge on any atom is -0.378 e. The lowest BCUT2D eigenvalue weighted by Gasteiger charge is -2.29. The Morgan fingerprint density at radius 2 is 2.14 bits per heavy atom. The fourth-order valence-electron chi connectivity index (χ4n) is 3.20. The molecule has 3 heterocycles. The standard InChI is InChI=1S/C15H22N4O3/c1-10-11(5-17(2)16-10)4-14(20)19-6-12-8-22-9-13(7-19)18(3)15(12)21/h5,12-13H,4,6-9H2,1-3H3/t12-,13+/m1/s1. The Morgan fingerprint density at radius 3 is 2.82 bits per heavy atom. The lowest BCUT2D eigenvalue weighted by atomic mass is 10.1. The van der Waals surface area contributed by atoms with Gasteiger partial charge < -0.3 is 14.5 Å². The third-order valence-electron chi connectivity index (χ3n) is 4.56. The summed E-state index contributed by atoms with van der Waals surface area (Å²) in [6.07, 6.45) is 2.21. The van der Waals surface area contributed by atoms with Gasteiger partial charge in [-0.3, -0.25) is 14.3 Å². The minimum absolute atomic E-state index is 0.0519. The van der Waals surface area contributed by atoms with E-state index in [4.69, 9.17) is 4.74 Å². The van der Waals surface area contributed by atoms with Crippen molar-refractivity contribution in [1.82, 2.24) is 19.6 Å². The predicted octanol–water partition coefficient (Wildman–Crippen LogP) is -0.413. The molecule has 0 radical (unpaired) electrons. The maximum atomic E-state index is 12.6. The van der Waals surface area contributed by atoms with Crippen LogP contribution in [0.3, 0.4) is 0 Å². The van der Waals surface area contributed by atoms with Crippen molar-refractivity contribution >= 4 is 11.8 Å². The van der Waals surface area contributed by atoms with E-state index >= 15 is 0 Å². The van der Waals surface area contributed by atoms with Crippen LogP contribution in [0.1, 0.15) is 11.3 Å². The summed E-state index contributed by atoms with van der Waals surface area (Å²) in [6, 6.07) is -0.0565. The van der Waals surface area contributed by atoms with Crippen LogP contribution in [-0.4, -0.2) is 70.8 Å². The number of carbonyl (C=O) groups excluding carboxylic acids is 2. The molecule has 2 saturated heterocycles. The monoisotopic (exact) mass is 306 g/mol. The highest BCUT2D eigenvalue weighted by atomic mass is 16.5. The van der Waals surface area contributed by atoms with Crippen molar-refractivity contribution in [1.29, 1.82) is 0 Å². The third kappa shape index (κ3) is 2.72. The van der Waals surface area contributed by atoms with E-state index in [1.54, 1.807) is 16.6 Å². The van der Waals surface area contributed by atoms with Gasteiger partial charge >= 0.3 is 0 Å². The Kier molecular flexibility index (Phi) is 3.90. The Bertz CT molecular complexity index is 598. The van der Waals surface area contributed by atoms with E-state index in [0.29, 0.717) is 32.7 Å². The van der Waals surface area contributed by atoms with Gasteiger partial charge in [-0.2, -0.15) is 5.10 Å². The summed E-state index contributed by atoms with van der Waals surface area (Å²) in [5, 5.41) is 4.27. The molecule has 2 fully saturated rings. The molecule has 120 valence electrons. The number of hydrogen-bond acceptors (Lipinski definition) is 4. The van der Waals surface area contributed by atoms with Crippen LogP contribution in [0.4, 0.5) is 0 Å². The predicted molar refractivity (Wildman–Crippen MR) is 79.1 cm³/mol. The normalized spacial score (nSPS) is 25.3. The molecule has 7 heteroatoms. The minimum atomic E-state index is -0.253. The number of fused-ring (bicyclic) bond motifs is 3. The Balaban J connectivity index is 1.76. The SMILES string of the molecule is Cc1nn(C)cc1CC(=O)N1C[C@@H]2COC[C@H](C1)N(C)C2=O. The average molecular weight is 306 g/mol. The topological polar surface area (TPSA) is 67.7 Å². The van der Waals surface area contributed by atoms with Gasteiger partial charge in [0.2, 0.25) is 11.8 Å². The molecule has 2 atom stereocenters. The molecular formula is C15H22N4O3. The van der Waals surface area contributed by atoms with Crippen LogP contribution in [0.25, 0.3) is 0 Å². The lowest BCUT2D eigenvalue weighted by molar-refractivity contribution is -0.134. The van der Waals surface area contributed by atoms with Gasteiger partial charge in [-0.05, 0) is 6.92 Å². The number of amides is 2. The van der Waals surface area contributed by atoms with Gasteiger partial charge in [-0.15, -0.1) is 0 Å². The zero-order valence-corrected chi connectivity index (χ0v) is 13.3. The molecular weight excluding hydrogens is 284 g/mol. The summed E-state index contributed by atoms with van der Waals surface area (Å²) in [5.41, 5.74) is 1.82. The molecule has 1 aromatic heterocycles. The second-order valence-electron chi connectivity index (χ2n) is 6.23. The first kappa shape index (κ1) is 15.0. The number of rotatable bonds is 2. The zero-order chi connectivity index (χ0) is 15.9. The van der Waals surface area contributed by atoms with Crippen LogP contribution < -0.4 is 0 Å². The Morgan fingerprint density at radius 1 is 1.36 bits per heavy atom. The molecule has 0 saturated carbocycles. The lowest BCUT2D eigenvalue weighted by Crippen LogP contribution is -2.45. The highest BCUT2D eigenvalue weighted by molar-refractivity contribution is 5.83. The largest absolute Gasteiger partial charge is 0.378 e. The zero-order valence-electron chi connectivity index (χ0n) is 13.3. The second kappa shape index (κ2) is 5.72. The molecule has 2 bridgehead atoms. The summed E-state index contributed by atoms with van der Waals surface area (Å²) in [7, 11) is 3.65. The molecule has 2 aliphatic rings. The van der Waals surface area contributed by atoms with Crippen LogP contribution in [0.15, 0.2) is 6.20 Å². The maximum Gasteiger partial charge on any atom is 0.229 e. The summed E-state index contributed by atoms with van der Waals surface area (Å²) >= 11 is 0. The first-order valence-electron chi connectivity index (χ1n) is 7.57. The van der Waals surface area contributed by atoms with Crippen LogP contribution in [0, 0.1) is 12.8 Å². The molecule has 22 heavy (non-hydrogen) atoms. The van der Waals surface area contributed by atoms with Crippen LogP contribution in [0.5, 0.6) is 0 Å². The molecule has 0 unspecified atom stereocenters. The van der Waals surface area contributed by atoms with Crippen molar-refractivity contribution in [2.24, 2.45) is 13.0 Å². The fraction of sp³-hybridized carbons (Fsp3) is 0.667. The molecule has 0 N–H and O–H groups in total. The van der Waals surface area contributed by atoms with Gasteiger partial charge in [0.25, 0.3) is 0 Å². The highest BCUT2D eigenvalue weighted by Gasteiger charge is 2.38. The first-order valence-corrected chi connectivity index (χ1v) is 7.57. The van der Waals surface area contributed by atoms with Crippen LogP contribution >= 0.6 is 0 Å². The maximum absolute atomic E-state index is 12.6. The molecule has 2 aliphatic heterocycles. The van der Waals surface area contributed by atoms with Gasteiger partial charge in [0.1, 0.15) is 0 Å². The molecule has 1 aromatic rings. The van der Waals surface area contributed by atoms with E-state index in [-0.39, 0.29) is 23.8 Å². The number of aromatic nitrogens is 2. The summed E-state index contributed by atoms with van der Waals surface area (Å²) in [6.45, 7) is 3.78. The third-order valence-corrected chi connectivity index (χ3v) is 4.56. The van der Waals surface area contributed by atoms with E-state index in [9.17, 15) is 9.59 Å². The molecule has 0 aliphatic carbocycles. The summed E-state index contributed by atoms with van der Waals surface area (Å²) in [4.78, 5) is 28.5. The van der Waals surface area contributed by atoms with Crippen molar-refractivity contribution in [2.45, 2.75) is 19.4 Å². The van der Waals surface area contributed by atoms with Gasteiger partial charge in [0, 0.05) is 38.9 Å². The van der Waals surface area contributed by atoms with Crippen LogP contribution in [0.2, 0.25) is 0 Å². The molecule has 0 spiro atoms. The van der Waals surface area contributed by atoms with E-state index < -0.39 is 0 Å². The Hall–Kier alpha value is -1.89. The van der Waals surface area contributed by atoms with E-state index in [0.717, 1.165) is 11.3 Å². The van der Waals surface area contributed by atoms with E-state index in [1.807, 2.05) is 25.1 Å². The fourth-order valence-corrected chi connectivity index (χ4v) is 3.20. The average Bonchev–Trinajstić information content (AvgIpc) is 2.61. The number of hydrogen-bond donors (Lipinski definition) is 0. The molecule has 3 rings (SSSR count). The van der Waals surface area contributed by atoms with E-state index in [2.05, 4.69) is 5.10 Å². The van der Waals surface area contributed by atoms with Crippen molar-refractivity contribution < 1.29 is 14.3 Å². The number of ether oxygens (including phenoxy) is 1. The smallest absolute Gasteiger partial charge is 0.229 e. The summed E-state index contributed by atoms with van der Waals surface area (Å²) in [5.74, 6) is -0.122. The van der Waals surface area contributed by atoms with Crippen LogP contribution in [-0.2, 0) is 27.8 Å². The molecule has 7 nitrogen and oxygen atoms in total. The summed E-state index contributed by atoms with van der Waals surface area (Å²) < 4.78 is 7.28. The highest BCUT2D eigenvalue weighted by Crippen LogP contribution is 2.20. The number of aryl methyl sites for hydroxylation is 2. The Labute approximate surface area is 129 Å². The molecule has 2 amide bonds. The van der Waals surface area contributed by atoms with Crippen molar-refractivity contribution in [3.63, 3.8) is 0 Å². The van der Waals surface area contributed by atoms with Crippen molar-refractivity contribution in [2.75, 3.05) is 33.4 Å². The van der Waals surface area contributed by atoms with Gasteiger partial charge in [0.15, 0.2) is 0 Å². The molecule has 0 aromatic carbocycles. The van der Waals surface area contributed by atoms with Gasteiger partial charge in [-0.1, -0.05) is 0 Å². The number of likely N-dealkylation sites (N-methyl/N-ethyl adjacent to an activating group) is 1. The first-order chi connectivity index (χ1) is 10.5. The number of nitrogens with zero attached hydrogens (tertiary/aromatic N) is 4. The van der Waals surface area contributed by atoms with Crippen molar-refractivity contribution in [3.05, 3.63) is 17.5 Å². The van der Waals surface area contributed by atoms with Gasteiger partial charge in [-0.25, -0.2) is 0 Å². The van der Waals surface area contributed by atoms with Gasteiger partial charge in [0.05, 0.1) is 37.3 Å².